The van der Waals surface area contributed by atoms with Crippen LogP contribution in [-0.2, 0) is 11.3 Å². The van der Waals surface area contributed by atoms with Gasteiger partial charge >= 0.3 is 5.97 Å². The molecule has 26 heavy (non-hydrogen) atoms. The number of carboxylic acid groups (broad SMARTS) is 1. The molecule has 2 aromatic carbocycles. The van der Waals surface area contributed by atoms with Gasteiger partial charge in [0.15, 0.2) is 6.61 Å². The van der Waals surface area contributed by atoms with Gasteiger partial charge in [-0.1, -0.05) is 12.1 Å². The SMILES string of the molecule is COc1ccc(C(=O)N(C)Cc2ccc(OCC(=O)O)cc2)c(OC)c1. The van der Waals surface area contributed by atoms with Crippen LogP contribution < -0.4 is 14.2 Å². The molecule has 1 N–H and O–H groups in total. The van der Waals surface area contributed by atoms with Crippen LogP contribution in [-0.4, -0.2) is 49.8 Å². The van der Waals surface area contributed by atoms with Gasteiger partial charge in [-0.25, -0.2) is 4.79 Å². The fraction of sp³-hybridized carbons (Fsp3) is 0.263. The number of rotatable bonds is 8. The van der Waals surface area contributed by atoms with Crippen LogP contribution in [0.15, 0.2) is 42.5 Å². The van der Waals surface area contributed by atoms with Gasteiger partial charge in [0, 0.05) is 19.7 Å². The van der Waals surface area contributed by atoms with E-state index in [1.807, 2.05) is 0 Å². The molecular formula is C19H21NO6. The number of carbonyl (C=O) groups excluding carboxylic acids is 1. The summed E-state index contributed by atoms with van der Waals surface area (Å²) in [6, 6.07) is 11.9. The molecule has 138 valence electrons. The molecule has 2 aromatic rings. The van der Waals surface area contributed by atoms with Crippen LogP contribution in [0.25, 0.3) is 0 Å². The predicted molar refractivity (Wildman–Crippen MR) is 94.9 cm³/mol. The quantitative estimate of drug-likeness (QED) is 0.779. The zero-order valence-corrected chi connectivity index (χ0v) is 14.9. The molecule has 2 rings (SSSR count). The molecule has 0 heterocycles. The molecule has 0 fully saturated rings. The van der Waals surface area contributed by atoms with Crippen LogP contribution >= 0.6 is 0 Å². The van der Waals surface area contributed by atoms with Crippen LogP contribution in [0.3, 0.4) is 0 Å². The maximum Gasteiger partial charge on any atom is 0.341 e. The largest absolute Gasteiger partial charge is 0.497 e. The Morgan fingerprint density at radius 2 is 1.65 bits per heavy atom. The first-order valence-electron chi connectivity index (χ1n) is 7.85. The number of methoxy groups -OCH3 is 2. The lowest BCUT2D eigenvalue weighted by molar-refractivity contribution is -0.139. The van der Waals surface area contributed by atoms with Crippen molar-refractivity contribution in [3.8, 4) is 17.2 Å². The molecule has 0 radical (unpaired) electrons. The van der Waals surface area contributed by atoms with Gasteiger partial charge in [0.1, 0.15) is 17.2 Å². The Morgan fingerprint density at radius 1 is 1.00 bits per heavy atom. The number of ether oxygens (including phenoxy) is 3. The summed E-state index contributed by atoms with van der Waals surface area (Å²) in [6.07, 6.45) is 0. The summed E-state index contributed by atoms with van der Waals surface area (Å²) >= 11 is 0. The number of carbonyl (C=O) groups is 2. The molecule has 0 aliphatic carbocycles. The second kappa shape index (κ2) is 8.75. The molecule has 0 aliphatic rings. The van der Waals surface area contributed by atoms with Gasteiger partial charge < -0.3 is 24.2 Å². The molecule has 7 heteroatoms. The highest BCUT2D eigenvalue weighted by Crippen LogP contribution is 2.26. The first-order valence-corrected chi connectivity index (χ1v) is 7.85. The van der Waals surface area contributed by atoms with E-state index in [1.165, 1.54) is 7.11 Å². The third-order valence-electron chi connectivity index (χ3n) is 3.69. The fourth-order valence-corrected chi connectivity index (χ4v) is 2.36. The first-order chi connectivity index (χ1) is 12.4. The summed E-state index contributed by atoms with van der Waals surface area (Å²) in [5.41, 5.74) is 1.33. The average molecular weight is 359 g/mol. The van der Waals surface area contributed by atoms with Crippen LogP contribution in [0.1, 0.15) is 15.9 Å². The minimum absolute atomic E-state index is 0.185. The van der Waals surface area contributed by atoms with Crippen molar-refractivity contribution in [1.29, 1.82) is 0 Å². The Balaban J connectivity index is 2.06. The summed E-state index contributed by atoms with van der Waals surface area (Å²) < 4.78 is 15.5. The third-order valence-corrected chi connectivity index (χ3v) is 3.69. The van der Waals surface area contributed by atoms with Crippen molar-refractivity contribution < 1.29 is 28.9 Å². The van der Waals surface area contributed by atoms with E-state index < -0.39 is 12.6 Å². The first kappa shape index (κ1) is 19.1. The van der Waals surface area contributed by atoms with E-state index in [2.05, 4.69) is 0 Å². The summed E-state index contributed by atoms with van der Waals surface area (Å²) in [7, 11) is 4.74. The Bertz CT molecular complexity index is 772. The van der Waals surface area contributed by atoms with Crippen molar-refractivity contribution in [2.45, 2.75) is 6.54 Å². The summed E-state index contributed by atoms with van der Waals surface area (Å²) in [4.78, 5) is 24.8. The number of aliphatic carboxylic acids is 1. The molecule has 0 bridgehead atoms. The Labute approximate surface area is 151 Å². The van der Waals surface area contributed by atoms with E-state index >= 15 is 0 Å². The van der Waals surface area contributed by atoms with E-state index in [1.54, 1.807) is 61.5 Å². The van der Waals surface area contributed by atoms with Gasteiger partial charge in [0.2, 0.25) is 0 Å². The molecule has 0 saturated heterocycles. The number of hydrogen-bond donors (Lipinski definition) is 1. The number of hydrogen-bond acceptors (Lipinski definition) is 5. The van der Waals surface area contributed by atoms with Gasteiger partial charge in [0.05, 0.1) is 19.8 Å². The van der Waals surface area contributed by atoms with Gasteiger partial charge in [-0.15, -0.1) is 0 Å². The van der Waals surface area contributed by atoms with Crippen molar-refractivity contribution in [2.75, 3.05) is 27.9 Å². The van der Waals surface area contributed by atoms with Gasteiger partial charge in [-0.05, 0) is 29.8 Å². The van der Waals surface area contributed by atoms with Crippen molar-refractivity contribution in [2.24, 2.45) is 0 Å². The van der Waals surface area contributed by atoms with Crippen molar-refractivity contribution >= 4 is 11.9 Å². The minimum Gasteiger partial charge on any atom is -0.497 e. The summed E-state index contributed by atoms with van der Waals surface area (Å²) in [6.45, 7) is -0.0117. The minimum atomic E-state index is -1.03. The molecule has 0 spiro atoms. The zero-order chi connectivity index (χ0) is 19.1. The molecule has 1 amide bonds. The maximum atomic E-state index is 12.7. The maximum absolute atomic E-state index is 12.7. The molecule has 0 saturated carbocycles. The van der Waals surface area contributed by atoms with Crippen molar-refractivity contribution in [3.63, 3.8) is 0 Å². The van der Waals surface area contributed by atoms with Crippen molar-refractivity contribution in [3.05, 3.63) is 53.6 Å². The lowest BCUT2D eigenvalue weighted by atomic mass is 10.1. The third kappa shape index (κ3) is 4.89. The standard InChI is InChI=1S/C19H21NO6/c1-20(11-13-4-6-14(7-5-13)26-12-18(21)22)19(23)16-9-8-15(24-2)10-17(16)25-3/h4-10H,11-12H2,1-3H3,(H,21,22). The van der Waals surface area contributed by atoms with Crippen LogP contribution in [0.5, 0.6) is 17.2 Å². The topological polar surface area (TPSA) is 85.3 Å². The van der Waals surface area contributed by atoms with E-state index in [0.717, 1.165) is 5.56 Å². The lowest BCUT2D eigenvalue weighted by Crippen LogP contribution is -2.26. The number of amides is 1. The molecule has 7 nitrogen and oxygen atoms in total. The Kier molecular flexibility index (Phi) is 6.43. The van der Waals surface area contributed by atoms with E-state index in [0.29, 0.717) is 29.4 Å². The number of benzene rings is 2. The van der Waals surface area contributed by atoms with E-state index in [-0.39, 0.29) is 5.91 Å². The van der Waals surface area contributed by atoms with Crippen molar-refractivity contribution in [1.82, 2.24) is 4.90 Å². The summed E-state index contributed by atoms with van der Waals surface area (Å²) in [5, 5.41) is 8.61. The predicted octanol–water partition coefficient (Wildman–Crippen LogP) is 2.44. The van der Waals surface area contributed by atoms with Crippen LogP contribution in [0.2, 0.25) is 0 Å². The number of carboxylic acids is 1. The number of nitrogens with zero attached hydrogens (tertiary/aromatic N) is 1. The zero-order valence-electron chi connectivity index (χ0n) is 14.9. The van der Waals surface area contributed by atoms with Crippen LogP contribution in [0, 0.1) is 0 Å². The molecule has 0 aromatic heterocycles. The highest BCUT2D eigenvalue weighted by atomic mass is 16.5. The fourth-order valence-electron chi connectivity index (χ4n) is 2.36. The second-order valence-corrected chi connectivity index (χ2v) is 5.55. The van der Waals surface area contributed by atoms with E-state index in [4.69, 9.17) is 19.3 Å². The highest BCUT2D eigenvalue weighted by Gasteiger charge is 2.17. The lowest BCUT2D eigenvalue weighted by Gasteiger charge is -2.19. The Morgan fingerprint density at radius 3 is 2.23 bits per heavy atom. The Hall–Kier alpha value is -3.22. The summed E-state index contributed by atoms with van der Waals surface area (Å²) in [5.74, 6) is 0.294. The normalized spacial score (nSPS) is 10.1. The average Bonchev–Trinajstić information content (AvgIpc) is 2.66. The van der Waals surface area contributed by atoms with Gasteiger partial charge in [0.25, 0.3) is 5.91 Å². The van der Waals surface area contributed by atoms with Gasteiger partial charge in [-0.2, -0.15) is 0 Å². The molecule has 0 atom stereocenters. The van der Waals surface area contributed by atoms with Gasteiger partial charge in [-0.3, -0.25) is 4.79 Å². The van der Waals surface area contributed by atoms with E-state index in [9.17, 15) is 9.59 Å². The molecule has 0 aliphatic heterocycles. The smallest absolute Gasteiger partial charge is 0.341 e. The highest BCUT2D eigenvalue weighted by molar-refractivity contribution is 5.97. The monoisotopic (exact) mass is 359 g/mol. The second-order valence-electron chi connectivity index (χ2n) is 5.55. The van der Waals surface area contributed by atoms with Crippen LogP contribution in [0.4, 0.5) is 0 Å². The molecule has 0 unspecified atom stereocenters. The molecular weight excluding hydrogens is 338 g/mol.